The lowest BCUT2D eigenvalue weighted by atomic mass is 10.00. The summed E-state index contributed by atoms with van der Waals surface area (Å²) < 4.78 is 11.2. The number of ether oxygens (including phenoxy) is 2. The van der Waals surface area contributed by atoms with Gasteiger partial charge in [0.25, 0.3) is 5.91 Å². The number of nitrogens with zero attached hydrogens (tertiary/aromatic N) is 2. The van der Waals surface area contributed by atoms with E-state index in [4.69, 9.17) is 21.1 Å². The van der Waals surface area contributed by atoms with Crippen molar-refractivity contribution >= 4 is 40.3 Å². The van der Waals surface area contributed by atoms with Gasteiger partial charge in [0.1, 0.15) is 29.4 Å². The summed E-state index contributed by atoms with van der Waals surface area (Å²) in [5.41, 5.74) is 1.28. The minimum absolute atomic E-state index is 0.0434. The number of likely N-dealkylation sites (tertiary alicyclic amines) is 1. The maximum atomic E-state index is 12.9. The molecule has 1 amide bonds. The van der Waals surface area contributed by atoms with Crippen molar-refractivity contribution in [2.45, 2.75) is 24.1 Å². The Hall–Kier alpha value is -2.77. The summed E-state index contributed by atoms with van der Waals surface area (Å²) in [4.78, 5) is 31.6. The fourth-order valence-corrected chi connectivity index (χ4v) is 4.77. The van der Waals surface area contributed by atoms with Crippen LogP contribution < -0.4 is 4.74 Å². The van der Waals surface area contributed by atoms with E-state index < -0.39 is 18.1 Å². The number of carbonyl (C=O) groups is 2. The van der Waals surface area contributed by atoms with Gasteiger partial charge in [-0.2, -0.15) is 0 Å². The Morgan fingerprint density at radius 1 is 1.13 bits per heavy atom. The molecule has 0 N–H and O–H groups in total. The van der Waals surface area contributed by atoms with Crippen LogP contribution in [0.1, 0.15) is 5.56 Å². The first-order valence-electron chi connectivity index (χ1n) is 9.76. The van der Waals surface area contributed by atoms with Crippen LogP contribution in [0.25, 0.3) is 0 Å². The van der Waals surface area contributed by atoms with Crippen molar-refractivity contribution in [3.05, 3.63) is 78.4 Å². The van der Waals surface area contributed by atoms with Crippen molar-refractivity contribution < 1.29 is 19.1 Å². The zero-order valence-corrected chi connectivity index (χ0v) is 18.2. The van der Waals surface area contributed by atoms with Gasteiger partial charge < -0.3 is 14.4 Å². The molecule has 3 unspecified atom stereocenters. The predicted molar refractivity (Wildman–Crippen MR) is 121 cm³/mol. The van der Waals surface area contributed by atoms with Crippen LogP contribution in [0.3, 0.4) is 0 Å². The van der Waals surface area contributed by atoms with Gasteiger partial charge in [0.2, 0.25) is 0 Å². The van der Waals surface area contributed by atoms with Gasteiger partial charge in [-0.25, -0.2) is 4.79 Å². The SMILES string of the molecule is C=C(CCl)C(C(=O)OCc1ccccc1)N1C(=O)C2N=C(COc3ccccc3)SC21. The fraction of sp³-hybridized carbons (Fsp3) is 0.261. The van der Waals surface area contributed by atoms with Crippen LogP contribution in [0.4, 0.5) is 0 Å². The number of aliphatic imine (C=N–C) groups is 1. The van der Waals surface area contributed by atoms with Crippen molar-refractivity contribution in [3.8, 4) is 5.75 Å². The first kappa shape index (κ1) is 21.5. The Bertz CT molecular complexity index is 999. The van der Waals surface area contributed by atoms with Gasteiger partial charge in [0.15, 0.2) is 12.1 Å². The molecule has 1 saturated heterocycles. The fourth-order valence-electron chi connectivity index (χ4n) is 3.40. The molecule has 0 bridgehead atoms. The summed E-state index contributed by atoms with van der Waals surface area (Å²) in [6.45, 7) is 4.28. The summed E-state index contributed by atoms with van der Waals surface area (Å²) >= 11 is 7.39. The summed E-state index contributed by atoms with van der Waals surface area (Å²) in [6, 6.07) is 17.3. The molecule has 3 atom stereocenters. The first-order chi connectivity index (χ1) is 15.1. The summed E-state index contributed by atoms with van der Waals surface area (Å²) in [7, 11) is 0. The van der Waals surface area contributed by atoms with E-state index in [1.165, 1.54) is 16.7 Å². The van der Waals surface area contributed by atoms with Crippen LogP contribution in [0, 0.1) is 0 Å². The topological polar surface area (TPSA) is 68.2 Å². The van der Waals surface area contributed by atoms with Crippen LogP contribution in [-0.2, 0) is 20.9 Å². The highest BCUT2D eigenvalue weighted by molar-refractivity contribution is 8.15. The number of benzene rings is 2. The van der Waals surface area contributed by atoms with Gasteiger partial charge in [-0.3, -0.25) is 9.79 Å². The molecule has 0 spiro atoms. The molecule has 0 aliphatic carbocycles. The van der Waals surface area contributed by atoms with Crippen LogP contribution >= 0.6 is 23.4 Å². The van der Waals surface area contributed by atoms with E-state index >= 15 is 0 Å². The van der Waals surface area contributed by atoms with E-state index in [1.54, 1.807) is 0 Å². The van der Waals surface area contributed by atoms with Crippen molar-refractivity contribution in [1.82, 2.24) is 4.90 Å². The van der Waals surface area contributed by atoms with Crippen LogP contribution in [0.5, 0.6) is 5.75 Å². The molecule has 1 fully saturated rings. The number of esters is 1. The van der Waals surface area contributed by atoms with Gasteiger partial charge in [0, 0.05) is 5.88 Å². The van der Waals surface area contributed by atoms with E-state index in [0.29, 0.717) is 10.6 Å². The number of halogens is 1. The lowest BCUT2D eigenvalue weighted by molar-refractivity contribution is -0.161. The Labute approximate surface area is 189 Å². The number of alkyl halides is 1. The maximum Gasteiger partial charge on any atom is 0.333 e. The number of amides is 1. The van der Waals surface area contributed by atoms with Crippen LogP contribution in [0.15, 0.2) is 77.8 Å². The highest BCUT2D eigenvalue weighted by Gasteiger charge is 2.56. The Kier molecular flexibility index (Phi) is 6.63. The highest BCUT2D eigenvalue weighted by Crippen LogP contribution is 2.41. The summed E-state index contributed by atoms with van der Waals surface area (Å²) in [5, 5.41) is 0.415. The van der Waals surface area contributed by atoms with Crippen LogP contribution in [0.2, 0.25) is 0 Å². The van der Waals surface area contributed by atoms with Gasteiger partial charge in [-0.05, 0) is 23.3 Å². The van der Waals surface area contributed by atoms with Crippen molar-refractivity contribution in [2.75, 3.05) is 12.5 Å². The number of para-hydroxylation sites is 1. The smallest absolute Gasteiger partial charge is 0.333 e. The van der Waals surface area contributed by atoms with Gasteiger partial charge in [-0.1, -0.05) is 66.9 Å². The lowest BCUT2D eigenvalue weighted by Crippen LogP contribution is -2.66. The second-order valence-corrected chi connectivity index (χ2v) is 8.57. The van der Waals surface area contributed by atoms with Crippen molar-refractivity contribution in [2.24, 2.45) is 4.99 Å². The van der Waals surface area contributed by atoms with Gasteiger partial charge in [0.05, 0.1) is 0 Å². The van der Waals surface area contributed by atoms with E-state index in [0.717, 1.165) is 11.3 Å². The summed E-state index contributed by atoms with van der Waals surface area (Å²) in [5.74, 6) is -0.0102. The summed E-state index contributed by atoms with van der Waals surface area (Å²) in [6.07, 6.45) is 0. The number of β-lactam (4-membered cyclic amide) rings is 1. The molecule has 6 nitrogen and oxygen atoms in total. The second kappa shape index (κ2) is 9.58. The van der Waals surface area contributed by atoms with Gasteiger partial charge >= 0.3 is 5.97 Å². The molecule has 2 aliphatic heterocycles. The molecular weight excluding hydrogens is 436 g/mol. The van der Waals surface area contributed by atoms with E-state index in [-0.39, 0.29) is 30.4 Å². The molecule has 0 radical (unpaired) electrons. The number of fused-ring (bicyclic) bond motifs is 1. The monoisotopic (exact) mass is 456 g/mol. The molecule has 4 rings (SSSR count). The average molecular weight is 457 g/mol. The molecule has 2 aromatic rings. The zero-order valence-electron chi connectivity index (χ0n) is 16.6. The Morgan fingerprint density at radius 3 is 2.48 bits per heavy atom. The maximum absolute atomic E-state index is 12.9. The lowest BCUT2D eigenvalue weighted by Gasteiger charge is -2.45. The van der Waals surface area contributed by atoms with E-state index in [1.807, 2.05) is 60.7 Å². The van der Waals surface area contributed by atoms with Crippen molar-refractivity contribution in [3.63, 3.8) is 0 Å². The molecule has 8 heteroatoms. The Morgan fingerprint density at radius 2 is 1.81 bits per heavy atom. The predicted octanol–water partition coefficient (Wildman–Crippen LogP) is 3.65. The molecule has 31 heavy (non-hydrogen) atoms. The molecule has 160 valence electrons. The third-order valence-electron chi connectivity index (χ3n) is 4.98. The molecule has 2 aromatic carbocycles. The average Bonchev–Trinajstić information content (AvgIpc) is 3.19. The molecular formula is C23H21ClN2O4S. The quantitative estimate of drug-likeness (QED) is 0.249. The normalized spacial score (nSPS) is 20.4. The molecule has 0 aromatic heterocycles. The zero-order chi connectivity index (χ0) is 21.8. The number of hydrogen-bond acceptors (Lipinski definition) is 6. The number of carbonyl (C=O) groups excluding carboxylic acids is 2. The van der Waals surface area contributed by atoms with Crippen molar-refractivity contribution in [1.29, 1.82) is 0 Å². The third-order valence-corrected chi connectivity index (χ3v) is 6.55. The van der Waals surface area contributed by atoms with E-state index in [2.05, 4.69) is 11.6 Å². The molecule has 2 heterocycles. The minimum Gasteiger partial charge on any atom is -0.487 e. The molecule has 2 aliphatic rings. The highest BCUT2D eigenvalue weighted by atomic mass is 35.5. The molecule has 0 saturated carbocycles. The number of rotatable bonds is 9. The number of thioether (sulfide) groups is 1. The van der Waals surface area contributed by atoms with E-state index in [9.17, 15) is 9.59 Å². The first-order valence-corrected chi connectivity index (χ1v) is 11.2. The van der Waals surface area contributed by atoms with Crippen LogP contribution in [-0.4, -0.2) is 51.8 Å². The number of hydrogen-bond donors (Lipinski definition) is 0. The standard InChI is InChI=1S/C23H21ClN2O4S/c1-15(12-24)20(23(28)30-13-16-8-4-2-5-9-16)26-21(27)19-22(26)31-18(25-19)14-29-17-10-6-3-7-11-17/h2-11,19-20,22H,1,12-14H2. The minimum atomic E-state index is -0.938. The third kappa shape index (κ3) is 4.62. The van der Waals surface area contributed by atoms with Gasteiger partial charge in [-0.15, -0.1) is 11.6 Å². The Balaban J connectivity index is 1.40. The largest absolute Gasteiger partial charge is 0.487 e. The second-order valence-electron chi connectivity index (χ2n) is 7.11.